The van der Waals surface area contributed by atoms with Crippen LogP contribution in [0.1, 0.15) is 70.8 Å². The summed E-state index contributed by atoms with van der Waals surface area (Å²) in [5.74, 6) is 0.956. The second kappa shape index (κ2) is 8.19. The maximum Gasteiger partial charge on any atom is 0.228 e. The Labute approximate surface area is 178 Å². The van der Waals surface area contributed by atoms with E-state index in [2.05, 4.69) is 62.1 Å². The van der Waals surface area contributed by atoms with E-state index in [1.165, 1.54) is 0 Å². The SMILES string of the molecule is Cc1nc(CN2CCC(C(=O)Nc3cc(C(C)(C)C)nn3C(C)(C)C)CC2)cs1. The second-order valence-corrected chi connectivity index (χ2v) is 11.2. The molecule has 3 heterocycles. The molecule has 2 aromatic rings. The van der Waals surface area contributed by atoms with E-state index in [1.54, 1.807) is 11.3 Å². The Hall–Kier alpha value is -1.73. The lowest BCUT2D eigenvalue weighted by Gasteiger charge is -2.31. The number of rotatable bonds is 4. The number of likely N-dealkylation sites (tertiary alicyclic amines) is 1. The van der Waals surface area contributed by atoms with Crippen molar-refractivity contribution in [2.24, 2.45) is 5.92 Å². The van der Waals surface area contributed by atoms with Crippen molar-refractivity contribution in [1.82, 2.24) is 19.7 Å². The van der Waals surface area contributed by atoms with Crippen LogP contribution in [0.15, 0.2) is 11.4 Å². The molecule has 0 spiro atoms. The molecule has 160 valence electrons. The van der Waals surface area contributed by atoms with Crippen molar-refractivity contribution in [1.29, 1.82) is 0 Å². The van der Waals surface area contributed by atoms with Gasteiger partial charge in [0.05, 0.1) is 21.9 Å². The van der Waals surface area contributed by atoms with Gasteiger partial charge in [0.25, 0.3) is 0 Å². The number of amides is 1. The van der Waals surface area contributed by atoms with Crippen LogP contribution in [0, 0.1) is 12.8 Å². The quantitative estimate of drug-likeness (QED) is 0.793. The lowest BCUT2D eigenvalue weighted by Crippen LogP contribution is -2.38. The second-order valence-electron chi connectivity index (χ2n) is 10.1. The Morgan fingerprint density at radius 3 is 2.38 bits per heavy atom. The van der Waals surface area contributed by atoms with E-state index >= 15 is 0 Å². The molecule has 1 fully saturated rings. The lowest BCUT2D eigenvalue weighted by atomic mass is 9.92. The van der Waals surface area contributed by atoms with Gasteiger partial charge in [-0.25, -0.2) is 9.67 Å². The van der Waals surface area contributed by atoms with Gasteiger partial charge in [-0.2, -0.15) is 5.10 Å². The van der Waals surface area contributed by atoms with Gasteiger partial charge < -0.3 is 5.32 Å². The van der Waals surface area contributed by atoms with Crippen LogP contribution < -0.4 is 5.32 Å². The number of piperidine rings is 1. The molecule has 0 aliphatic carbocycles. The average Bonchev–Trinajstić information content (AvgIpc) is 3.21. The van der Waals surface area contributed by atoms with Crippen LogP contribution in [0.4, 0.5) is 5.82 Å². The maximum atomic E-state index is 13.0. The molecule has 0 aromatic carbocycles. The molecule has 1 saturated heterocycles. The van der Waals surface area contributed by atoms with Crippen molar-refractivity contribution < 1.29 is 4.79 Å². The highest BCUT2D eigenvalue weighted by Crippen LogP contribution is 2.29. The van der Waals surface area contributed by atoms with Crippen LogP contribution in [0.3, 0.4) is 0 Å². The van der Waals surface area contributed by atoms with Crippen molar-refractivity contribution >= 4 is 23.1 Å². The number of carbonyl (C=O) groups excluding carboxylic acids is 1. The molecular weight excluding hydrogens is 382 g/mol. The van der Waals surface area contributed by atoms with Crippen LogP contribution in [0.2, 0.25) is 0 Å². The van der Waals surface area contributed by atoms with E-state index in [-0.39, 0.29) is 22.8 Å². The third kappa shape index (κ3) is 5.45. The van der Waals surface area contributed by atoms with Crippen LogP contribution in [0.5, 0.6) is 0 Å². The molecule has 1 aliphatic heterocycles. The number of thiazole rings is 1. The molecule has 1 N–H and O–H groups in total. The van der Waals surface area contributed by atoms with E-state index in [9.17, 15) is 4.79 Å². The summed E-state index contributed by atoms with van der Waals surface area (Å²) >= 11 is 1.70. The average molecular weight is 418 g/mol. The molecule has 0 saturated carbocycles. The van der Waals surface area contributed by atoms with Crippen molar-refractivity contribution in [3.63, 3.8) is 0 Å². The zero-order chi connectivity index (χ0) is 21.4. The number of nitrogens with one attached hydrogen (secondary N) is 1. The number of aromatic nitrogens is 3. The number of carbonyl (C=O) groups is 1. The summed E-state index contributed by atoms with van der Waals surface area (Å²) in [6.07, 6.45) is 1.76. The molecule has 1 aliphatic rings. The Morgan fingerprint density at radius 2 is 1.86 bits per heavy atom. The third-order valence-corrected chi connectivity index (χ3v) is 6.20. The lowest BCUT2D eigenvalue weighted by molar-refractivity contribution is -0.121. The summed E-state index contributed by atoms with van der Waals surface area (Å²) < 4.78 is 1.95. The van der Waals surface area contributed by atoms with E-state index < -0.39 is 0 Å². The van der Waals surface area contributed by atoms with Gasteiger partial charge in [0.15, 0.2) is 0 Å². The number of hydrogen-bond acceptors (Lipinski definition) is 5. The Balaban J connectivity index is 1.63. The van der Waals surface area contributed by atoms with E-state index in [1.807, 2.05) is 17.7 Å². The Kier molecular flexibility index (Phi) is 6.20. The smallest absolute Gasteiger partial charge is 0.228 e. The molecule has 0 radical (unpaired) electrons. The molecule has 6 nitrogen and oxygen atoms in total. The topological polar surface area (TPSA) is 63.1 Å². The predicted octanol–water partition coefficient (Wildman–Crippen LogP) is 4.55. The van der Waals surface area contributed by atoms with E-state index in [4.69, 9.17) is 5.10 Å². The van der Waals surface area contributed by atoms with Crippen molar-refractivity contribution in [3.05, 3.63) is 27.8 Å². The van der Waals surface area contributed by atoms with Crippen LogP contribution in [0.25, 0.3) is 0 Å². The van der Waals surface area contributed by atoms with Crippen molar-refractivity contribution in [2.45, 2.75) is 78.8 Å². The van der Waals surface area contributed by atoms with E-state index in [0.29, 0.717) is 0 Å². The molecule has 7 heteroatoms. The molecule has 2 aromatic heterocycles. The fourth-order valence-corrected chi connectivity index (χ4v) is 4.24. The molecule has 3 rings (SSSR count). The van der Waals surface area contributed by atoms with E-state index in [0.717, 1.165) is 54.7 Å². The van der Waals surface area contributed by atoms with Gasteiger partial charge in [-0.1, -0.05) is 20.8 Å². The zero-order valence-corrected chi connectivity index (χ0v) is 19.7. The fraction of sp³-hybridized carbons (Fsp3) is 0.682. The minimum absolute atomic E-state index is 0.0461. The summed E-state index contributed by atoms with van der Waals surface area (Å²) in [4.78, 5) is 19.9. The van der Waals surface area contributed by atoms with Gasteiger partial charge >= 0.3 is 0 Å². The third-order valence-electron chi connectivity index (χ3n) is 5.38. The minimum atomic E-state index is -0.193. The summed E-state index contributed by atoms with van der Waals surface area (Å²) in [6, 6.07) is 2.03. The fourth-order valence-electron chi connectivity index (χ4n) is 3.64. The number of hydrogen-bond donors (Lipinski definition) is 1. The Morgan fingerprint density at radius 1 is 1.21 bits per heavy atom. The normalized spacial score (nSPS) is 16.9. The van der Waals surface area contributed by atoms with Gasteiger partial charge in [0.1, 0.15) is 5.82 Å². The number of nitrogens with zero attached hydrogens (tertiary/aromatic N) is 4. The van der Waals surface area contributed by atoms with Crippen LogP contribution >= 0.6 is 11.3 Å². The zero-order valence-electron chi connectivity index (χ0n) is 18.9. The van der Waals surface area contributed by atoms with Crippen molar-refractivity contribution in [2.75, 3.05) is 18.4 Å². The summed E-state index contributed by atoms with van der Waals surface area (Å²) in [7, 11) is 0. The van der Waals surface area contributed by atoms with Gasteiger partial charge in [-0.15, -0.1) is 11.3 Å². The molecule has 0 bridgehead atoms. The minimum Gasteiger partial charge on any atom is -0.311 e. The molecular formula is C22H35N5OS. The first-order chi connectivity index (χ1) is 13.4. The monoisotopic (exact) mass is 417 g/mol. The first kappa shape index (κ1) is 22.0. The highest BCUT2D eigenvalue weighted by Gasteiger charge is 2.29. The van der Waals surface area contributed by atoms with Gasteiger partial charge in [-0.3, -0.25) is 9.69 Å². The standard InChI is InChI=1S/C22H35N5OS/c1-15-23-17(14-29-15)13-26-10-8-16(9-11-26)20(28)24-19-12-18(21(2,3)4)25-27(19)22(5,6)7/h12,14,16H,8-11,13H2,1-7H3,(H,24,28). The van der Waals surface area contributed by atoms with Crippen molar-refractivity contribution in [3.8, 4) is 0 Å². The molecule has 1 amide bonds. The summed E-state index contributed by atoms with van der Waals surface area (Å²) in [5, 5.41) is 11.2. The number of anilines is 1. The maximum absolute atomic E-state index is 13.0. The largest absolute Gasteiger partial charge is 0.311 e. The van der Waals surface area contributed by atoms with Gasteiger partial charge in [0, 0.05) is 29.3 Å². The van der Waals surface area contributed by atoms with Crippen LogP contribution in [-0.2, 0) is 22.3 Å². The predicted molar refractivity (Wildman–Crippen MR) is 119 cm³/mol. The first-order valence-electron chi connectivity index (χ1n) is 10.5. The first-order valence-corrected chi connectivity index (χ1v) is 11.4. The molecule has 29 heavy (non-hydrogen) atoms. The van der Waals surface area contributed by atoms with Crippen LogP contribution in [-0.4, -0.2) is 38.7 Å². The summed E-state index contributed by atoms with van der Waals surface area (Å²) in [6.45, 7) is 17.6. The highest BCUT2D eigenvalue weighted by atomic mass is 32.1. The number of aryl methyl sites for hydroxylation is 1. The molecule has 0 atom stereocenters. The van der Waals surface area contributed by atoms with Gasteiger partial charge in [-0.05, 0) is 53.6 Å². The van der Waals surface area contributed by atoms with Gasteiger partial charge in [0.2, 0.25) is 5.91 Å². The Bertz CT molecular complexity index is 847. The summed E-state index contributed by atoms with van der Waals surface area (Å²) in [5.41, 5.74) is 1.88. The highest BCUT2D eigenvalue weighted by molar-refractivity contribution is 7.09. The molecule has 0 unspecified atom stereocenters.